The van der Waals surface area contributed by atoms with Crippen LogP contribution in [0.5, 0.6) is 0 Å². The number of carbonyl (C=O) groups is 1. The van der Waals surface area contributed by atoms with Crippen LogP contribution in [0.3, 0.4) is 0 Å². The Labute approximate surface area is 106 Å². The molecule has 3 N–H and O–H groups in total. The molecule has 0 saturated carbocycles. The summed E-state index contributed by atoms with van der Waals surface area (Å²) in [6.45, 7) is 0. The zero-order valence-electron chi connectivity index (χ0n) is 9.07. The third-order valence-electron chi connectivity index (χ3n) is 2.72. The van der Waals surface area contributed by atoms with Crippen LogP contribution in [0.15, 0.2) is 30.5 Å². The highest BCUT2D eigenvalue weighted by atomic mass is 35.5. The molecular weight excluding hydrogens is 254 g/mol. The first kappa shape index (κ1) is 10.9. The summed E-state index contributed by atoms with van der Waals surface area (Å²) in [4.78, 5) is 14.1. The van der Waals surface area contributed by atoms with Crippen LogP contribution in [-0.4, -0.2) is 26.3 Å². The molecule has 0 radical (unpaired) electrons. The highest BCUT2D eigenvalue weighted by molar-refractivity contribution is 6.31. The molecule has 0 spiro atoms. The van der Waals surface area contributed by atoms with Crippen molar-refractivity contribution < 1.29 is 9.90 Å². The van der Waals surface area contributed by atoms with Crippen molar-refractivity contribution in [3.8, 4) is 11.4 Å². The number of carboxylic acid groups (broad SMARTS) is 1. The van der Waals surface area contributed by atoms with Gasteiger partial charge in [0.2, 0.25) is 0 Å². The van der Waals surface area contributed by atoms with E-state index >= 15 is 0 Å². The number of hydrogen-bond donors (Lipinski definition) is 3. The second-order valence-corrected chi connectivity index (χ2v) is 4.31. The molecule has 0 unspecified atom stereocenters. The predicted octanol–water partition coefficient (Wildman–Crippen LogP) is 2.91. The van der Waals surface area contributed by atoms with Crippen molar-refractivity contribution in [2.75, 3.05) is 0 Å². The molecule has 6 heteroatoms. The van der Waals surface area contributed by atoms with E-state index in [0.29, 0.717) is 16.4 Å². The van der Waals surface area contributed by atoms with Gasteiger partial charge in [-0.25, -0.2) is 4.79 Å². The minimum absolute atomic E-state index is 0.132. The van der Waals surface area contributed by atoms with E-state index in [1.165, 1.54) is 6.20 Å². The van der Waals surface area contributed by atoms with Gasteiger partial charge in [-0.3, -0.25) is 5.10 Å². The van der Waals surface area contributed by atoms with Gasteiger partial charge < -0.3 is 10.1 Å². The summed E-state index contributed by atoms with van der Waals surface area (Å²) >= 11 is 5.90. The van der Waals surface area contributed by atoms with Gasteiger partial charge in [-0.15, -0.1) is 0 Å². The SMILES string of the molecule is O=C(O)c1cn[nH]c1-c1cc2ccc(Cl)cc2[nH]1. The summed E-state index contributed by atoms with van der Waals surface area (Å²) in [5.41, 5.74) is 2.10. The molecule has 0 fully saturated rings. The molecule has 18 heavy (non-hydrogen) atoms. The predicted molar refractivity (Wildman–Crippen MR) is 67.8 cm³/mol. The third-order valence-corrected chi connectivity index (χ3v) is 2.96. The number of rotatable bonds is 2. The van der Waals surface area contributed by atoms with Crippen LogP contribution >= 0.6 is 11.6 Å². The Kier molecular flexibility index (Phi) is 2.34. The van der Waals surface area contributed by atoms with Crippen molar-refractivity contribution in [1.29, 1.82) is 0 Å². The quantitative estimate of drug-likeness (QED) is 0.663. The maximum atomic E-state index is 11.0. The fourth-order valence-corrected chi connectivity index (χ4v) is 2.06. The van der Waals surface area contributed by atoms with Gasteiger partial charge in [0.15, 0.2) is 0 Å². The van der Waals surface area contributed by atoms with Crippen LogP contribution in [0.2, 0.25) is 5.02 Å². The molecule has 2 heterocycles. The standard InChI is InChI=1S/C12H8ClN3O2/c13-7-2-1-6-3-10(15-9(6)4-7)11-8(12(17)18)5-14-16-11/h1-5,15H,(H,14,16)(H,17,18). The molecule has 1 aromatic carbocycles. The molecular formula is C12H8ClN3O2. The average molecular weight is 262 g/mol. The molecule has 90 valence electrons. The topological polar surface area (TPSA) is 81.8 Å². The van der Waals surface area contributed by atoms with Gasteiger partial charge in [0.1, 0.15) is 5.56 Å². The molecule has 0 saturated heterocycles. The minimum atomic E-state index is -1.02. The van der Waals surface area contributed by atoms with E-state index in [1.54, 1.807) is 12.1 Å². The summed E-state index contributed by atoms with van der Waals surface area (Å²) < 4.78 is 0. The zero-order valence-corrected chi connectivity index (χ0v) is 9.82. The normalized spacial score (nSPS) is 10.9. The summed E-state index contributed by atoms with van der Waals surface area (Å²) in [6.07, 6.45) is 1.29. The van der Waals surface area contributed by atoms with Crippen LogP contribution in [0.25, 0.3) is 22.3 Å². The number of aromatic amines is 2. The maximum Gasteiger partial charge on any atom is 0.339 e. The first-order valence-electron chi connectivity index (χ1n) is 5.20. The molecule has 0 aliphatic heterocycles. The lowest BCUT2D eigenvalue weighted by Gasteiger charge is -1.94. The Morgan fingerprint density at radius 2 is 2.17 bits per heavy atom. The van der Waals surface area contributed by atoms with Crippen LogP contribution in [0.1, 0.15) is 10.4 Å². The highest BCUT2D eigenvalue weighted by Gasteiger charge is 2.15. The molecule has 0 aliphatic rings. The third kappa shape index (κ3) is 1.65. The molecule has 0 bridgehead atoms. The first-order valence-corrected chi connectivity index (χ1v) is 5.58. The van der Waals surface area contributed by atoms with Gasteiger partial charge in [-0.05, 0) is 18.2 Å². The van der Waals surface area contributed by atoms with Gasteiger partial charge in [-0.1, -0.05) is 17.7 Å². The van der Waals surface area contributed by atoms with Crippen LogP contribution in [0.4, 0.5) is 0 Å². The van der Waals surface area contributed by atoms with Crippen LogP contribution in [0, 0.1) is 0 Å². The maximum absolute atomic E-state index is 11.0. The number of aromatic nitrogens is 3. The molecule has 0 amide bonds. The molecule has 0 atom stereocenters. The number of carboxylic acids is 1. The minimum Gasteiger partial charge on any atom is -0.478 e. The molecule has 5 nitrogen and oxygen atoms in total. The number of fused-ring (bicyclic) bond motifs is 1. The Morgan fingerprint density at radius 3 is 2.94 bits per heavy atom. The number of benzene rings is 1. The highest BCUT2D eigenvalue weighted by Crippen LogP contribution is 2.26. The lowest BCUT2D eigenvalue weighted by molar-refractivity contribution is 0.0698. The number of nitrogens with zero attached hydrogens (tertiary/aromatic N) is 1. The summed E-state index contributed by atoms with van der Waals surface area (Å²) in [7, 11) is 0. The lowest BCUT2D eigenvalue weighted by atomic mass is 10.2. The molecule has 0 aliphatic carbocycles. The van der Waals surface area contributed by atoms with E-state index in [2.05, 4.69) is 15.2 Å². The van der Waals surface area contributed by atoms with Crippen molar-refractivity contribution in [1.82, 2.24) is 15.2 Å². The van der Waals surface area contributed by atoms with E-state index in [4.69, 9.17) is 16.7 Å². The van der Waals surface area contributed by atoms with Gasteiger partial charge in [0, 0.05) is 15.9 Å². The van der Waals surface area contributed by atoms with E-state index in [-0.39, 0.29) is 5.56 Å². The number of aromatic carboxylic acids is 1. The number of halogens is 1. The van der Waals surface area contributed by atoms with E-state index < -0.39 is 5.97 Å². The van der Waals surface area contributed by atoms with Crippen molar-refractivity contribution in [3.05, 3.63) is 41.0 Å². The monoisotopic (exact) mass is 261 g/mol. The second kappa shape index (κ2) is 3.89. The van der Waals surface area contributed by atoms with Crippen LogP contribution in [-0.2, 0) is 0 Å². The van der Waals surface area contributed by atoms with Crippen LogP contribution < -0.4 is 0 Å². The van der Waals surface area contributed by atoms with Crippen molar-refractivity contribution in [2.45, 2.75) is 0 Å². The number of nitrogens with one attached hydrogen (secondary N) is 2. The Hall–Kier alpha value is -2.27. The molecule has 3 aromatic rings. The summed E-state index contributed by atoms with van der Waals surface area (Å²) in [5, 5.41) is 17.1. The van der Waals surface area contributed by atoms with Gasteiger partial charge in [0.05, 0.1) is 17.6 Å². The molecule has 3 rings (SSSR count). The lowest BCUT2D eigenvalue weighted by Crippen LogP contribution is -1.96. The Bertz CT molecular complexity index is 745. The van der Waals surface area contributed by atoms with Crippen molar-refractivity contribution in [3.63, 3.8) is 0 Å². The Balaban J connectivity index is 2.19. The van der Waals surface area contributed by atoms with Gasteiger partial charge in [-0.2, -0.15) is 5.10 Å². The molecule has 2 aromatic heterocycles. The van der Waals surface area contributed by atoms with E-state index in [9.17, 15) is 4.79 Å². The van der Waals surface area contributed by atoms with Gasteiger partial charge in [0.25, 0.3) is 0 Å². The van der Waals surface area contributed by atoms with E-state index in [0.717, 1.165) is 10.9 Å². The average Bonchev–Trinajstić information content (AvgIpc) is 2.93. The second-order valence-electron chi connectivity index (χ2n) is 3.88. The van der Waals surface area contributed by atoms with Crippen molar-refractivity contribution >= 4 is 28.5 Å². The number of hydrogen-bond acceptors (Lipinski definition) is 2. The Morgan fingerprint density at radius 1 is 1.33 bits per heavy atom. The largest absolute Gasteiger partial charge is 0.478 e. The first-order chi connectivity index (χ1) is 8.65. The fraction of sp³-hybridized carbons (Fsp3) is 0. The summed E-state index contributed by atoms with van der Waals surface area (Å²) in [5.74, 6) is -1.02. The number of H-pyrrole nitrogens is 2. The smallest absolute Gasteiger partial charge is 0.339 e. The summed E-state index contributed by atoms with van der Waals surface area (Å²) in [6, 6.07) is 7.30. The van der Waals surface area contributed by atoms with Gasteiger partial charge >= 0.3 is 5.97 Å². The van der Waals surface area contributed by atoms with E-state index in [1.807, 2.05) is 12.1 Å². The van der Waals surface area contributed by atoms with Crippen molar-refractivity contribution in [2.24, 2.45) is 0 Å². The zero-order chi connectivity index (χ0) is 12.7. The fourth-order valence-electron chi connectivity index (χ4n) is 1.89.